The minimum atomic E-state index is -3.92. The summed E-state index contributed by atoms with van der Waals surface area (Å²) in [5.74, 6) is 6.97. The summed E-state index contributed by atoms with van der Waals surface area (Å²) in [4.78, 5) is 28.4. The summed E-state index contributed by atoms with van der Waals surface area (Å²) >= 11 is 1.35. The van der Waals surface area contributed by atoms with Crippen LogP contribution in [-0.4, -0.2) is 50.9 Å². The van der Waals surface area contributed by atoms with Crippen LogP contribution in [0.1, 0.15) is 41.0 Å². The number of aromatic hydroxyl groups is 1. The number of thioether (sulfide) groups is 1. The number of hydrogen-bond donors (Lipinski definition) is 3. The van der Waals surface area contributed by atoms with Crippen molar-refractivity contribution >= 4 is 39.3 Å². The number of carbonyl (C=O) groups is 2. The van der Waals surface area contributed by atoms with Gasteiger partial charge in [0.25, 0.3) is 0 Å². The summed E-state index contributed by atoms with van der Waals surface area (Å²) in [6.45, 7) is 2.76. The fraction of sp³-hybridized carbons (Fsp3) is 0.222. The standard InChI is InChI=1S/C36H35N3O7S2/c1-3-46-32-22-26(11-18-31(32)45-2)19-20-38-34(41)23-33-35(42)39(28-14-16-30(17-15-28)48(37,43)44)36(47-33)27-12-9-24(10-13-27)7-8-25-5-4-6-29(40)21-25/h4-6,9-18,21-22,33,36,40H,3,19-20,23H2,1-2H3,(H,38,41)(H2,37,43,44)/t33-,36+/m1/s1. The molecule has 1 aliphatic heterocycles. The van der Waals surface area contributed by atoms with Gasteiger partial charge in [0, 0.05) is 29.8 Å². The number of primary sulfonamides is 1. The van der Waals surface area contributed by atoms with Crippen molar-refractivity contribution < 1.29 is 32.6 Å². The predicted molar refractivity (Wildman–Crippen MR) is 185 cm³/mol. The molecule has 0 aromatic heterocycles. The zero-order valence-corrected chi connectivity index (χ0v) is 28.0. The Morgan fingerprint density at radius 2 is 1.71 bits per heavy atom. The van der Waals surface area contributed by atoms with E-state index in [1.54, 1.807) is 36.3 Å². The van der Waals surface area contributed by atoms with Crippen LogP contribution in [0.3, 0.4) is 0 Å². The molecule has 0 radical (unpaired) electrons. The zero-order valence-electron chi connectivity index (χ0n) is 26.4. The number of amides is 2. The van der Waals surface area contributed by atoms with Gasteiger partial charge in [-0.1, -0.05) is 36.1 Å². The molecule has 1 saturated heterocycles. The molecule has 10 nitrogen and oxygen atoms in total. The van der Waals surface area contributed by atoms with Crippen LogP contribution in [0.5, 0.6) is 17.2 Å². The summed E-state index contributed by atoms with van der Waals surface area (Å²) in [5.41, 5.74) is 3.66. The fourth-order valence-electron chi connectivity index (χ4n) is 5.16. The first-order valence-electron chi connectivity index (χ1n) is 15.1. The van der Waals surface area contributed by atoms with E-state index >= 15 is 0 Å². The van der Waals surface area contributed by atoms with Gasteiger partial charge in [0.05, 0.1) is 23.9 Å². The molecule has 0 bridgehead atoms. The fourth-order valence-corrected chi connectivity index (χ4v) is 7.12. The molecule has 1 heterocycles. The van der Waals surface area contributed by atoms with Gasteiger partial charge < -0.3 is 19.9 Å². The Hall–Kier alpha value is -4.96. The quantitative estimate of drug-likeness (QED) is 0.192. The molecule has 2 amide bonds. The smallest absolute Gasteiger partial charge is 0.241 e. The summed E-state index contributed by atoms with van der Waals surface area (Å²) in [7, 11) is -2.34. The Morgan fingerprint density at radius 1 is 0.979 bits per heavy atom. The predicted octanol–water partition coefficient (Wildman–Crippen LogP) is 4.74. The van der Waals surface area contributed by atoms with Crippen molar-refractivity contribution in [2.45, 2.75) is 35.3 Å². The van der Waals surface area contributed by atoms with E-state index in [9.17, 15) is 23.1 Å². The molecule has 0 spiro atoms. The largest absolute Gasteiger partial charge is 0.508 e. The van der Waals surface area contributed by atoms with Crippen LogP contribution in [-0.2, 0) is 26.0 Å². The number of benzene rings is 4. The molecule has 48 heavy (non-hydrogen) atoms. The maximum absolute atomic E-state index is 13.8. The number of anilines is 1. The van der Waals surface area contributed by atoms with E-state index in [4.69, 9.17) is 14.6 Å². The monoisotopic (exact) mass is 685 g/mol. The highest BCUT2D eigenvalue weighted by molar-refractivity contribution is 8.01. The maximum atomic E-state index is 13.8. The third kappa shape index (κ3) is 8.49. The molecule has 2 atom stereocenters. The lowest BCUT2D eigenvalue weighted by Gasteiger charge is -2.24. The Balaban J connectivity index is 1.31. The Labute approximate surface area is 284 Å². The van der Waals surface area contributed by atoms with E-state index in [1.807, 2.05) is 49.4 Å². The van der Waals surface area contributed by atoms with E-state index in [2.05, 4.69) is 17.2 Å². The number of hydrogen-bond acceptors (Lipinski definition) is 8. The van der Waals surface area contributed by atoms with Crippen LogP contribution in [0.15, 0.2) is 95.9 Å². The number of nitrogens with zero attached hydrogens (tertiary/aromatic N) is 1. The normalized spacial score (nSPS) is 15.8. The zero-order chi connectivity index (χ0) is 34.3. The first-order valence-corrected chi connectivity index (χ1v) is 17.6. The number of nitrogens with two attached hydrogens (primary N) is 1. The second-order valence-corrected chi connectivity index (χ2v) is 13.7. The molecule has 4 N–H and O–H groups in total. The molecule has 0 saturated carbocycles. The third-order valence-corrected chi connectivity index (χ3v) is 9.88. The topological polar surface area (TPSA) is 148 Å². The van der Waals surface area contributed by atoms with Crippen LogP contribution < -0.4 is 24.8 Å². The summed E-state index contributed by atoms with van der Waals surface area (Å²) in [6.07, 6.45) is 0.527. The van der Waals surface area contributed by atoms with Crippen molar-refractivity contribution in [1.29, 1.82) is 0 Å². The molecule has 4 aromatic carbocycles. The number of carbonyl (C=O) groups excluding carboxylic acids is 2. The Morgan fingerprint density at radius 3 is 2.38 bits per heavy atom. The van der Waals surface area contributed by atoms with Crippen LogP contribution in [0.2, 0.25) is 0 Å². The van der Waals surface area contributed by atoms with Crippen molar-refractivity contribution in [3.8, 4) is 29.1 Å². The average Bonchev–Trinajstić information content (AvgIpc) is 3.39. The van der Waals surface area contributed by atoms with Crippen molar-refractivity contribution in [1.82, 2.24) is 5.32 Å². The molecule has 0 aliphatic carbocycles. The van der Waals surface area contributed by atoms with Gasteiger partial charge in [-0.05, 0) is 91.2 Å². The number of ether oxygens (including phenoxy) is 2. The van der Waals surface area contributed by atoms with Crippen LogP contribution in [0.25, 0.3) is 0 Å². The molecular formula is C36H35N3O7S2. The summed E-state index contributed by atoms with van der Waals surface area (Å²) < 4.78 is 34.7. The van der Waals surface area contributed by atoms with Crippen LogP contribution >= 0.6 is 11.8 Å². The molecule has 5 rings (SSSR count). The highest BCUT2D eigenvalue weighted by Gasteiger charge is 2.42. The van der Waals surface area contributed by atoms with Crippen molar-refractivity contribution in [3.63, 3.8) is 0 Å². The van der Waals surface area contributed by atoms with E-state index in [0.29, 0.717) is 42.3 Å². The van der Waals surface area contributed by atoms with E-state index in [0.717, 1.165) is 16.7 Å². The minimum Gasteiger partial charge on any atom is -0.508 e. The van der Waals surface area contributed by atoms with Crippen LogP contribution in [0, 0.1) is 11.8 Å². The van der Waals surface area contributed by atoms with Crippen molar-refractivity contribution in [3.05, 3.63) is 113 Å². The minimum absolute atomic E-state index is 0.0357. The number of nitrogens with one attached hydrogen (secondary N) is 1. The van der Waals surface area contributed by atoms with Crippen molar-refractivity contribution in [2.24, 2.45) is 5.14 Å². The number of methoxy groups -OCH3 is 1. The molecule has 12 heteroatoms. The maximum Gasteiger partial charge on any atom is 0.241 e. The highest BCUT2D eigenvalue weighted by Crippen LogP contribution is 2.46. The van der Waals surface area contributed by atoms with E-state index in [1.165, 1.54) is 36.0 Å². The van der Waals surface area contributed by atoms with Gasteiger partial charge in [-0.15, -0.1) is 11.8 Å². The second-order valence-electron chi connectivity index (χ2n) is 10.9. The van der Waals surface area contributed by atoms with E-state index in [-0.39, 0.29) is 28.9 Å². The first kappa shape index (κ1) is 34.4. The van der Waals surface area contributed by atoms with Gasteiger partial charge in [-0.3, -0.25) is 14.5 Å². The lowest BCUT2D eigenvalue weighted by atomic mass is 10.1. The lowest BCUT2D eigenvalue weighted by molar-refractivity contribution is -0.124. The van der Waals surface area contributed by atoms with Crippen molar-refractivity contribution in [2.75, 3.05) is 25.2 Å². The van der Waals surface area contributed by atoms with Gasteiger partial charge in [-0.2, -0.15) is 0 Å². The van der Waals surface area contributed by atoms with Gasteiger partial charge in [0.2, 0.25) is 21.8 Å². The molecule has 1 fully saturated rings. The SMILES string of the molecule is CCOc1cc(CCNC(=O)C[C@H]2S[C@@H](c3ccc(C#Cc4cccc(O)c4)cc3)N(c3ccc(S(N)(=O)=O)cc3)C2=O)ccc1OC. The van der Waals surface area contributed by atoms with Crippen LogP contribution in [0.4, 0.5) is 5.69 Å². The van der Waals surface area contributed by atoms with Gasteiger partial charge in [-0.25, -0.2) is 13.6 Å². The molecular weight excluding hydrogens is 651 g/mol. The molecule has 0 unspecified atom stereocenters. The molecule has 1 aliphatic rings. The van der Waals surface area contributed by atoms with Gasteiger partial charge >= 0.3 is 0 Å². The summed E-state index contributed by atoms with van der Waals surface area (Å²) in [6, 6.07) is 25.5. The average molecular weight is 686 g/mol. The molecule has 248 valence electrons. The van der Waals surface area contributed by atoms with Gasteiger partial charge in [0.1, 0.15) is 11.1 Å². The number of phenolic OH excluding ortho intramolecular Hbond substituents is 1. The highest BCUT2D eigenvalue weighted by atomic mass is 32.2. The number of phenols is 1. The molecule has 4 aromatic rings. The first-order chi connectivity index (χ1) is 23.0. The number of sulfonamides is 1. The number of rotatable bonds is 11. The Bertz CT molecular complexity index is 1950. The summed E-state index contributed by atoms with van der Waals surface area (Å²) in [5, 5.41) is 16.7. The third-order valence-electron chi connectivity index (χ3n) is 7.51. The Kier molecular flexibility index (Phi) is 11.0. The van der Waals surface area contributed by atoms with E-state index < -0.39 is 20.6 Å². The second kappa shape index (κ2) is 15.3. The lowest BCUT2D eigenvalue weighted by Crippen LogP contribution is -2.34. The van der Waals surface area contributed by atoms with Gasteiger partial charge in [0.15, 0.2) is 11.5 Å².